The molecule has 0 aliphatic carbocycles. The molecule has 0 bridgehead atoms. The van der Waals surface area contributed by atoms with E-state index in [9.17, 15) is 22.4 Å². The maximum atomic E-state index is 14.0. The van der Waals surface area contributed by atoms with Crippen LogP contribution in [0.2, 0.25) is 5.02 Å². The quantitative estimate of drug-likeness (QED) is 0.339. The summed E-state index contributed by atoms with van der Waals surface area (Å²) in [6, 6.07) is 12.0. The van der Waals surface area contributed by atoms with Crippen molar-refractivity contribution in [2.75, 3.05) is 5.32 Å². The molecule has 0 saturated carbocycles. The Balaban J connectivity index is 1.76. The number of carbonyl (C=O) groups excluding carboxylic acids is 1. The Bertz CT molecular complexity index is 1310. The molecule has 1 N–H and O–H groups in total. The molecule has 0 unspecified atom stereocenters. The van der Waals surface area contributed by atoms with Crippen LogP contribution in [0.1, 0.15) is 11.1 Å². The van der Waals surface area contributed by atoms with E-state index >= 15 is 0 Å². The SMILES string of the molecule is O=C(Cc1ccccc1Cl)Nc1onc(-c2cc(F)cc(C(F)(F)F)c2)c1-c1ccncc1. The van der Waals surface area contributed by atoms with Gasteiger partial charge in [0.15, 0.2) is 0 Å². The van der Waals surface area contributed by atoms with Gasteiger partial charge in [0.2, 0.25) is 11.8 Å². The molecule has 0 saturated heterocycles. The van der Waals surface area contributed by atoms with E-state index in [2.05, 4.69) is 15.5 Å². The van der Waals surface area contributed by atoms with Gasteiger partial charge in [0.25, 0.3) is 0 Å². The van der Waals surface area contributed by atoms with Gasteiger partial charge in [0.05, 0.1) is 17.5 Å². The predicted octanol–water partition coefficient (Wildman–Crippen LogP) is 6.40. The van der Waals surface area contributed by atoms with Crippen molar-refractivity contribution in [1.82, 2.24) is 10.1 Å². The van der Waals surface area contributed by atoms with E-state index in [0.717, 1.165) is 12.1 Å². The molecular formula is C23H14ClF4N3O2. The van der Waals surface area contributed by atoms with E-state index in [-0.39, 0.29) is 29.1 Å². The van der Waals surface area contributed by atoms with Gasteiger partial charge in [-0.15, -0.1) is 0 Å². The van der Waals surface area contributed by atoms with Crippen LogP contribution in [0.5, 0.6) is 0 Å². The van der Waals surface area contributed by atoms with Crippen LogP contribution in [0, 0.1) is 5.82 Å². The number of hydrogen-bond acceptors (Lipinski definition) is 4. The molecular weight excluding hydrogens is 462 g/mol. The van der Waals surface area contributed by atoms with Gasteiger partial charge in [-0.25, -0.2) is 4.39 Å². The molecule has 0 radical (unpaired) electrons. The molecule has 0 atom stereocenters. The number of anilines is 1. The highest BCUT2D eigenvalue weighted by Crippen LogP contribution is 2.40. The first-order chi connectivity index (χ1) is 15.7. The Labute approximate surface area is 190 Å². The number of hydrogen-bond donors (Lipinski definition) is 1. The molecule has 0 aliphatic rings. The molecule has 1 amide bonds. The summed E-state index contributed by atoms with van der Waals surface area (Å²) in [7, 11) is 0. The standard InChI is InChI=1S/C23H14ClF4N3O2/c24-18-4-2-1-3-14(18)11-19(32)30-22-20(13-5-7-29-8-6-13)21(31-33-22)15-9-16(23(26,27)28)12-17(25)10-15/h1-10,12H,11H2,(H,30,32). The van der Waals surface area contributed by atoms with Crippen molar-refractivity contribution >= 4 is 23.4 Å². The molecule has 2 aromatic heterocycles. The summed E-state index contributed by atoms with van der Waals surface area (Å²) in [5, 5.41) is 6.81. The number of benzene rings is 2. The van der Waals surface area contributed by atoms with Crippen molar-refractivity contribution in [2.45, 2.75) is 12.6 Å². The topological polar surface area (TPSA) is 68.0 Å². The molecule has 0 spiro atoms. The molecule has 2 aromatic carbocycles. The van der Waals surface area contributed by atoms with Gasteiger partial charge in [-0.1, -0.05) is 35.0 Å². The number of alkyl halides is 3. The van der Waals surface area contributed by atoms with E-state index in [4.69, 9.17) is 16.1 Å². The van der Waals surface area contributed by atoms with Gasteiger partial charge in [-0.3, -0.25) is 15.1 Å². The molecule has 4 rings (SSSR count). The second kappa shape index (κ2) is 9.03. The number of halogens is 5. The Morgan fingerprint density at radius 1 is 1.03 bits per heavy atom. The van der Waals surface area contributed by atoms with E-state index in [1.165, 1.54) is 12.4 Å². The number of rotatable bonds is 5. The van der Waals surface area contributed by atoms with Crippen LogP contribution in [0.3, 0.4) is 0 Å². The summed E-state index contributed by atoms with van der Waals surface area (Å²) < 4.78 is 58.9. The average molecular weight is 476 g/mol. The lowest BCUT2D eigenvalue weighted by Crippen LogP contribution is -2.14. The average Bonchev–Trinajstić information content (AvgIpc) is 3.18. The van der Waals surface area contributed by atoms with Gasteiger partial charge in [0.1, 0.15) is 11.5 Å². The Morgan fingerprint density at radius 3 is 2.45 bits per heavy atom. The third-order valence-corrected chi connectivity index (χ3v) is 5.09. The minimum Gasteiger partial charge on any atom is -0.337 e. The molecule has 5 nitrogen and oxygen atoms in total. The van der Waals surface area contributed by atoms with Crippen molar-refractivity contribution in [2.24, 2.45) is 0 Å². The van der Waals surface area contributed by atoms with Gasteiger partial charge >= 0.3 is 6.18 Å². The van der Waals surface area contributed by atoms with Crippen molar-refractivity contribution < 1.29 is 26.9 Å². The first-order valence-electron chi connectivity index (χ1n) is 9.54. The van der Waals surface area contributed by atoms with E-state index in [0.29, 0.717) is 22.2 Å². The summed E-state index contributed by atoms with van der Waals surface area (Å²) in [5.74, 6) is -1.68. The maximum absolute atomic E-state index is 14.0. The van der Waals surface area contributed by atoms with Gasteiger partial charge in [-0.05, 0) is 47.5 Å². The zero-order valence-electron chi connectivity index (χ0n) is 16.7. The summed E-state index contributed by atoms with van der Waals surface area (Å²) >= 11 is 6.10. The lowest BCUT2D eigenvalue weighted by atomic mass is 10.00. The predicted molar refractivity (Wildman–Crippen MR) is 114 cm³/mol. The number of pyridine rings is 1. The van der Waals surface area contributed by atoms with Crippen LogP contribution >= 0.6 is 11.6 Å². The zero-order chi connectivity index (χ0) is 23.6. The van der Waals surface area contributed by atoms with Gasteiger partial charge in [-0.2, -0.15) is 13.2 Å². The Kier molecular flexibility index (Phi) is 6.15. The first kappa shape index (κ1) is 22.5. The molecule has 10 heteroatoms. The third-order valence-electron chi connectivity index (χ3n) is 4.72. The largest absolute Gasteiger partial charge is 0.416 e. The van der Waals surface area contributed by atoms with E-state index < -0.39 is 23.5 Å². The normalized spacial score (nSPS) is 11.4. The van der Waals surface area contributed by atoms with Crippen LogP contribution in [0.15, 0.2) is 71.5 Å². The van der Waals surface area contributed by atoms with Crippen molar-refractivity contribution in [3.05, 3.63) is 89.0 Å². The summed E-state index contributed by atoms with van der Waals surface area (Å²) in [6.07, 6.45) is -1.94. The Morgan fingerprint density at radius 2 is 1.76 bits per heavy atom. The van der Waals surface area contributed by atoms with Crippen LogP contribution < -0.4 is 5.32 Å². The molecule has 0 fully saturated rings. The van der Waals surface area contributed by atoms with Crippen LogP contribution in [0.25, 0.3) is 22.4 Å². The number of aromatic nitrogens is 2. The van der Waals surface area contributed by atoms with Gasteiger partial charge in [0, 0.05) is 23.0 Å². The molecule has 168 valence electrons. The lowest BCUT2D eigenvalue weighted by molar-refractivity contribution is -0.137. The monoisotopic (exact) mass is 475 g/mol. The maximum Gasteiger partial charge on any atom is 0.416 e. The molecule has 2 heterocycles. The van der Waals surface area contributed by atoms with E-state index in [1.807, 2.05) is 0 Å². The number of carbonyl (C=O) groups is 1. The fraction of sp³-hybridized carbons (Fsp3) is 0.0870. The first-order valence-corrected chi connectivity index (χ1v) is 9.91. The molecule has 4 aromatic rings. The lowest BCUT2D eigenvalue weighted by Gasteiger charge is -2.10. The summed E-state index contributed by atoms with van der Waals surface area (Å²) in [6.45, 7) is 0. The fourth-order valence-corrected chi connectivity index (χ4v) is 3.44. The second-order valence-electron chi connectivity index (χ2n) is 7.01. The van der Waals surface area contributed by atoms with Crippen LogP contribution in [-0.4, -0.2) is 16.0 Å². The van der Waals surface area contributed by atoms with Crippen LogP contribution in [0.4, 0.5) is 23.4 Å². The highest BCUT2D eigenvalue weighted by atomic mass is 35.5. The molecule has 0 aliphatic heterocycles. The fourth-order valence-electron chi connectivity index (χ4n) is 3.23. The smallest absolute Gasteiger partial charge is 0.337 e. The minimum atomic E-state index is -4.76. The van der Waals surface area contributed by atoms with Gasteiger partial charge < -0.3 is 4.52 Å². The van der Waals surface area contributed by atoms with Crippen molar-refractivity contribution in [1.29, 1.82) is 0 Å². The highest BCUT2D eigenvalue weighted by Gasteiger charge is 2.32. The van der Waals surface area contributed by atoms with Crippen molar-refractivity contribution in [3.8, 4) is 22.4 Å². The summed E-state index contributed by atoms with van der Waals surface area (Å²) in [5.41, 5.74) is -0.202. The number of amides is 1. The van der Waals surface area contributed by atoms with Crippen LogP contribution in [-0.2, 0) is 17.4 Å². The van der Waals surface area contributed by atoms with Crippen molar-refractivity contribution in [3.63, 3.8) is 0 Å². The zero-order valence-corrected chi connectivity index (χ0v) is 17.4. The highest BCUT2D eigenvalue weighted by molar-refractivity contribution is 6.31. The minimum absolute atomic E-state index is 0.0701. The van der Waals surface area contributed by atoms with E-state index in [1.54, 1.807) is 36.4 Å². The Hall–Kier alpha value is -3.72. The summed E-state index contributed by atoms with van der Waals surface area (Å²) in [4.78, 5) is 16.5. The third kappa shape index (κ3) is 5.04. The number of nitrogens with zero attached hydrogens (tertiary/aromatic N) is 2. The number of nitrogens with one attached hydrogen (secondary N) is 1. The second-order valence-corrected chi connectivity index (χ2v) is 7.42. The molecule has 33 heavy (non-hydrogen) atoms.